The van der Waals surface area contributed by atoms with Gasteiger partial charge in [-0.3, -0.25) is 9.59 Å². The Bertz CT molecular complexity index is 1140. The fourth-order valence-electron chi connectivity index (χ4n) is 3.63. The molecule has 0 saturated heterocycles. The van der Waals surface area contributed by atoms with Crippen molar-refractivity contribution in [3.05, 3.63) is 76.1 Å². The van der Waals surface area contributed by atoms with Crippen molar-refractivity contribution in [1.82, 2.24) is 5.43 Å². The van der Waals surface area contributed by atoms with Gasteiger partial charge < -0.3 is 14.2 Å². The smallest absolute Gasteiger partial charge is 0.307 e. The Morgan fingerprint density at radius 3 is 2.67 bits per heavy atom. The minimum Gasteiger partial charge on any atom is -0.459 e. The molecule has 2 aromatic heterocycles. The van der Waals surface area contributed by atoms with E-state index in [1.54, 1.807) is 12.1 Å². The van der Waals surface area contributed by atoms with Crippen molar-refractivity contribution in [2.75, 3.05) is 5.32 Å². The molecule has 1 aliphatic carbocycles. The first-order valence-corrected chi connectivity index (χ1v) is 9.85. The van der Waals surface area contributed by atoms with Crippen LogP contribution in [0.2, 0.25) is 0 Å². The second-order valence-electron chi connectivity index (χ2n) is 7.46. The first-order valence-electron chi connectivity index (χ1n) is 9.85. The van der Waals surface area contributed by atoms with Gasteiger partial charge in [-0.05, 0) is 62.9 Å². The van der Waals surface area contributed by atoms with Crippen LogP contribution in [0.25, 0.3) is 0 Å². The number of carbonyl (C=O) groups excluding carboxylic acids is 2. The lowest BCUT2D eigenvalue weighted by Crippen LogP contribution is -2.21. The molecule has 0 saturated carbocycles. The van der Waals surface area contributed by atoms with Crippen molar-refractivity contribution in [3.8, 4) is 0 Å². The molecule has 0 bridgehead atoms. The lowest BCUT2D eigenvalue weighted by Gasteiger charge is -2.13. The maximum absolute atomic E-state index is 12.9. The Labute approximate surface area is 174 Å². The SMILES string of the molecule is Cc1ccc(C)c(NC(=O)c2oc3c(c2C)/C(=N/NC(=O)c2ccco2)CCC3)c1. The quantitative estimate of drug-likeness (QED) is 0.624. The Balaban J connectivity index is 1.59. The molecule has 0 aliphatic heterocycles. The van der Waals surface area contributed by atoms with Crippen LogP contribution in [0.1, 0.15) is 62.0 Å². The summed E-state index contributed by atoms with van der Waals surface area (Å²) in [4.78, 5) is 25.0. The third-order valence-corrected chi connectivity index (χ3v) is 5.21. The zero-order valence-electron chi connectivity index (χ0n) is 17.2. The summed E-state index contributed by atoms with van der Waals surface area (Å²) in [5.41, 5.74) is 7.54. The first kappa shape index (κ1) is 19.7. The normalized spacial score (nSPS) is 14.4. The van der Waals surface area contributed by atoms with Gasteiger partial charge in [0.25, 0.3) is 5.91 Å². The number of aryl methyl sites for hydroxylation is 3. The molecule has 3 aromatic rings. The van der Waals surface area contributed by atoms with E-state index in [2.05, 4.69) is 15.8 Å². The monoisotopic (exact) mass is 405 g/mol. The van der Waals surface area contributed by atoms with Gasteiger partial charge in [-0.1, -0.05) is 12.1 Å². The van der Waals surface area contributed by atoms with Gasteiger partial charge in [0.1, 0.15) is 5.76 Å². The number of rotatable bonds is 4. The summed E-state index contributed by atoms with van der Waals surface area (Å²) in [6, 6.07) is 9.12. The van der Waals surface area contributed by atoms with Crippen molar-refractivity contribution >= 4 is 23.2 Å². The van der Waals surface area contributed by atoms with Crippen molar-refractivity contribution in [2.45, 2.75) is 40.0 Å². The molecule has 2 amide bonds. The molecule has 0 atom stereocenters. The van der Waals surface area contributed by atoms with E-state index in [0.29, 0.717) is 12.1 Å². The minimum absolute atomic E-state index is 0.188. The number of carbonyl (C=O) groups is 2. The predicted octanol–water partition coefficient (Wildman–Crippen LogP) is 4.52. The summed E-state index contributed by atoms with van der Waals surface area (Å²) in [6.45, 7) is 5.77. The zero-order valence-corrected chi connectivity index (χ0v) is 17.2. The van der Waals surface area contributed by atoms with Gasteiger partial charge in [-0.15, -0.1) is 0 Å². The summed E-state index contributed by atoms with van der Waals surface area (Å²) in [5, 5.41) is 7.24. The standard InChI is InChI=1S/C23H23N3O4/c1-13-9-10-14(2)17(12-13)24-23(28)21-15(3)20-16(6-4-7-18(20)30-21)25-26-22(27)19-8-5-11-29-19/h5,8-12H,4,6-7H2,1-3H3,(H,24,28)(H,26,27)/b25-16+. The molecule has 154 valence electrons. The van der Waals surface area contributed by atoms with E-state index in [1.165, 1.54) is 6.26 Å². The summed E-state index contributed by atoms with van der Waals surface area (Å²) in [7, 11) is 0. The second kappa shape index (κ2) is 8.02. The Kier molecular flexibility index (Phi) is 5.27. The molecule has 7 nitrogen and oxygen atoms in total. The molecule has 2 N–H and O–H groups in total. The number of hydrogen-bond acceptors (Lipinski definition) is 5. The van der Waals surface area contributed by atoms with Crippen LogP contribution in [0.4, 0.5) is 5.69 Å². The van der Waals surface area contributed by atoms with Crippen LogP contribution < -0.4 is 10.7 Å². The summed E-state index contributed by atoms with van der Waals surface area (Å²) in [5.74, 6) is 0.458. The Morgan fingerprint density at radius 2 is 1.90 bits per heavy atom. The summed E-state index contributed by atoms with van der Waals surface area (Å²) in [6.07, 6.45) is 3.66. The van der Waals surface area contributed by atoms with Gasteiger partial charge in [-0.2, -0.15) is 5.10 Å². The highest BCUT2D eigenvalue weighted by Gasteiger charge is 2.28. The highest BCUT2D eigenvalue weighted by Crippen LogP contribution is 2.30. The van der Waals surface area contributed by atoms with Gasteiger partial charge in [-0.25, -0.2) is 5.43 Å². The molecule has 2 heterocycles. The summed E-state index contributed by atoms with van der Waals surface area (Å²) < 4.78 is 11.0. The number of fused-ring (bicyclic) bond motifs is 1. The number of hydrogen-bond donors (Lipinski definition) is 2. The van der Waals surface area contributed by atoms with Crippen LogP contribution in [0, 0.1) is 20.8 Å². The number of benzene rings is 1. The number of nitrogens with one attached hydrogen (secondary N) is 2. The van der Waals surface area contributed by atoms with Gasteiger partial charge in [0.2, 0.25) is 0 Å². The van der Waals surface area contributed by atoms with E-state index in [9.17, 15) is 9.59 Å². The lowest BCUT2D eigenvalue weighted by atomic mass is 9.93. The third kappa shape index (κ3) is 3.78. The van der Waals surface area contributed by atoms with E-state index < -0.39 is 5.91 Å². The number of hydrazone groups is 1. The van der Waals surface area contributed by atoms with Crippen LogP contribution >= 0.6 is 0 Å². The molecule has 1 aromatic carbocycles. The van der Waals surface area contributed by atoms with Crippen LogP contribution in [-0.2, 0) is 6.42 Å². The number of nitrogens with zero attached hydrogens (tertiary/aromatic N) is 1. The van der Waals surface area contributed by atoms with Crippen LogP contribution in [-0.4, -0.2) is 17.5 Å². The van der Waals surface area contributed by atoms with Gasteiger partial charge >= 0.3 is 5.91 Å². The largest absolute Gasteiger partial charge is 0.459 e. The average Bonchev–Trinajstić information content (AvgIpc) is 3.38. The minimum atomic E-state index is -0.423. The molecule has 30 heavy (non-hydrogen) atoms. The first-order chi connectivity index (χ1) is 14.4. The van der Waals surface area contributed by atoms with Gasteiger partial charge in [0, 0.05) is 23.2 Å². The fourth-order valence-corrected chi connectivity index (χ4v) is 3.63. The molecule has 0 unspecified atom stereocenters. The molecular formula is C23H23N3O4. The molecule has 4 rings (SSSR count). The fraction of sp³-hybridized carbons (Fsp3) is 0.261. The molecule has 0 fully saturated rings. The number of anilines is 1. The Morgan fingerprint density at radius 1 is 1.07 bits per heavy atom. The van der Waals surface area contributed by atoms with Crippen LogP contribution in [0.5, 0.6) is 0 Å². The van der Waals surface area contributed by atoms with E-state index >= 15 is 0 Å². The lowest BCUT2D eigenvalue weighted by molar-refractivity contribution is 0.0926. The Hall–Kier alpha value is -3.61. The molecule has 0 spiro atoms. The average molecular weight is 405 g/mol. The highest BCUT2D eigenvalue weighted by molar-refractivity contribution is 6.09. The maximum atomic E-state index is 12.9. The van der Waals surface area contributed by atoms with Crippen molar-refractivity contribution in [1.29, 1.82) is 0 Å². The van der Waals surface area contributed by atoms with Crippen LogP contribution in [0.3, 0.4) is 0 Å². The number of furan rings is 2. The van der Waals surface area contributed by atoms with E-state index in [4.69, 9.17) is 8.83 Å². The molecular weight excluding hydrogens is 382 g/mol. The van der Waals surface area contributed by atoms with Crippen molar-refractivity contribution < 1.29 is 18.4 Å². The van der Waals surface area contributed by atoms with E-state index in [0.717, 1.165) is 46.5 Å². The molecule has 0 radical (unpaired) electrons. The zero-order chi connectivity index (χ0) is 21.3. The van der Waals surface area contributed by atoms with Gasteiger partial charge in [0.15, 0.2) is 11.5 Å². The highest BCUT2D eigenvalue weighted by atomic mass is 16.4. The van der Waals surface area contributed by atoms with Gasteiger partial charge in [0.05, 0.1) is 12.0 Å². The topological polar surface area (TPSA) is 96.8 Å². The van der Waals surface area contributed by atoms with E-state index in [1.807, 2.05) is 39.0 Å². The van der Waals surface area contributed by atoms with Crippen molar-refractivity contribution in [3.63, 3.8) is 0 Å². The van der Waals surface area contributed by atoms with Crippen LogP contribution in [0.15, 0.2) is 50.5 Å². The molecule has 1 aliphatic rings. The molecule has 7 heteroatoms. The maximum Gasteiger partial charge on any atom is 0.307 e. The summed E-state index contributed by atoms with van der Waals surface area (Å²) >= 11 is 0. The van der Waals surface area contributed by atoms with Crippen molar-refractivity contribution in [2.24, 2.45) is 5.10 Å². The second-order valence-corrected chi connectivity index (χ2v) is 7.46. The number of amides is 2. The van der Waals surface area contributed by atoms with E-state index in [-0.39, 0.29) is 17.4 Å². The third-order valence-electron chi connectivity index (χ3n) is 5.21. The predicted molar refractivity (Wildman–Crippen MR) is 113 cm³/mol.